The monoisotopic (exact) mass is 271 g/mol. The van der Waals surface area contributed by atoms with E-state index in [1.165, 1.54) is 5.56 Å². The van der Waals surface area contributed by atoms with Gasteiger partial charge in [0.25, 0.3) is 0 Å². The molecule has 1 aromatic carbocycles. The third-order valence-electron chi connectivity index (χ3n) is 2.92. The van der Waals surface area contributed by atoms with Crippen LogP contribution in [0.4, 0.5) is 5.69 Å². The fraction of sp³-hybridized carbons (Fsp3) is 0.200. The van der Waals surface area contributed by atoms with Crippen molar-refractivity contribution in [2.75, 3.05) is 11.9 Å². The van der Waals surface area contributed by atoms with Gasteiger partial charge in [-0.3, -0.25) is 4.98 Å². The zero-order chi connectivity index (χ0) is 13.7. The van der Waals surface area contributed by atoms with Gasteiger partial charge in [-0.05, 0) is 43.2 Å². The lowest BCUT2D eigenvalue weighted by molar-refractivity contribution is 1.01. The quantitative estimate of drug-likeness (QED) is 0.821. The number of anilines is 1. The minimum Gasteiger partial charge on any atom is -0.389 e. The largest absolute Gasteiger partial charge is 0.389 e. The number of hydrogen-bond donors (Lipinski definition) is 2. The lowest BCUT2D eigenvalue weighted by Gasteiger charge is -2.12. The van der Waals surface area contributed by atoms with E-state index >= 15 is 0 Å². The zero-order valence-corrected chi connectivity index (χ0v) is 11.7. The van der Waals surface area contributed by atoms with Gasteiger partial charge in [0.15, 0.2) is 0 Å². The summed E-state index contributed by atoms with van der Waals surface area (Å²) in [6.45, 7) is 2.87. The van der Waals surface area contributed by atoms with Gasteiger partial charge >= 0.3 is 0 Å². The molecule has 0 aliphatic carbocycles. The number of rotatable bonds is 5. The van der Waals surface area contributed by atoms with Crippen molar-refractivity contribution in [1.29, 1.82) is 0 Å². The van der Waals surface area contributed by atoms with Gasteiger partial charge in [0.2, 0.25) is 0 Å². The Morgan fingerprint density at radius 3 is 2.68 bits per heavy atom. The first-order chi connectivity index (χ1) is 9.16. The molecule has 3 N–H and O–H groups in total. The number of benzene rings is 1. The number of aryl methyl sites for hydroxylation is 1. The molecule has 0 saturated heterocycles. The SMILES string of the molecule is Cc1ccc(NCCc2ccncc2)c(C(N)=S)c1. The number of nitrogens with zero attached hydrogens (tertiary/aromatic N) is 1. The summed E-state index contributed by atoms with van der Waals surface area (Å²) in [6.07, 6.45) is 4.55. The molecular weight excluding hydrogens is 254 g/mol. The van der Waals surface area contributed by atoms with Gasteiger partial charge in [0, 0.05) is 30.2 Å². The maximum Gasteiger partial charge on any atom is 0.106 e. The van der Waals surface area contributed by atoms with Crippen molar-refractivity contribution in [3.63, 3.8) is 0 Å². The first-order valence-electron chi connectivity index (χ1n) is 6.20. The Labute approximate surface area is 118 Å². The van der Waals surface area contributed by atoms with Crippen molar-refractivity contribution < 1.29 is 0 Å². The van der Waals surface area contributed by atoms with Gasteiger partial charge in [-0.2, -0.15) is 0 Å². The Kier molecular flexibility index (Phi) is 4.47. The standard InChI is InChI=1S/C15H17N3S/c1-11-2-3-14(13(10-11)15(16)19)18-9-6-12-4-7-17-8-5-12/h2-5,7-8,10,18H,6,9H2,1H3,(H2,16,19). The highest BCUT2D eigenvalue weighted by Gasteiger charge is 2.05. The van der Waals surface area contributed by atoms with Crippen molar-refractivity contribution >= 4 is 22.9 Å². The number of pyridine rings is 1. The second-order valence-corrected chi connectivity index (χ2v) is 4.89. The second-order valence-electron chi connectivity index (χ2n) is 4.45. The van der Waals surface area contributed by atoms with E-state index in [-0.39, 0.29) is 0 Å². The highest BCUT2D eigenvalue weighted by atomic mass is 32.1. The van der Waals surface area contributed by atoms with Crippen molar-refractivity contribution in [2.45, 2.75) is 13.3 Å². The van der Waals surface area contributed by atoms with Crippen molar-refractivity contribution in [3.05, 3.63) is 59.4 Å². The molecule has 0 spiro atoms. The van der Waals surface area contributed by atoms with Crippen LogP contribution in [0.15, 0.2) is 42.7 Å². The molecule has 0 amide bonds. The lowest BCUT2D eigenvalue weighted by atomic mass is 10.1. The first-order valence-corrected chi connectivity index (χ1v) is 6.61. The van der Waals surface area contributed by atoms with Crippen LogP contribution in [0.25, 0.3) is 0 Å². The van der Waals surface area contributed by atoms with Gasteiger partial charge in [0.1, 0.15) is 4.99 Å². The molecule has 4 heteroatoms. The molecule has 0 saturated carbocycles. The van der Waals surface area contributed by atoms with Crippen LogP contribution < -0.4 is 11.1 Å². The van der Waals surface area contributed by atoms with Crippen LogP contribution in [-0.2, 0) is 6.42 Å². The van der Waals surface area contributed by atoms with Crippen LogP contribution in [0, 0.1) is 6.92 Å². The van der Waals surface area contributed by atoms with Crippen LogP contribution in [-0.4, -0.2) is 16.5 Å². The van der Waals surface area contributed by atoms with Crippen molar-refractivity contribution in [2.24, 2.45) is 5.73 Å². The van der Waals surface area contributed by atoms with Gasteiger partial charge in [-0.1, -0.05) is 23.8 Å². The van der Waals surface area contributed by atoms with Crippen LogP contribution in [0.5, 0.6) is 0 Å². The average Bonchev–Trinajstić information content (AvgIpc) is 2.41. The normalized spacial score (nSPS) is 10.2. The summed E-state index contributed by atoms with van der Waals surface area (Å²) in [5, 5.41) is 3.38. The Bertz CT molecular complexity index is 567. The second kappa shape index (κ2) is 6.29. The molecule has 98 valence electrons. The van der Waals surface area contributed by atoms with Gasteiger partial charge in [-0.25, -0.2) is 0 Å². The maximum absolute atomic E-state index is 5.75. The third-order valence-corrected chi connectivity index (χ3v) is 3.14. The molecule has 0 unspecified atom stereocenters. The highest BCUT2D eigenvalue weighted by Crippen LogP contribution is 2.17. The van der Waals surface area contributed by atoms with Crippen molar-refractivity contribution in [1.82, 2.24) is 4.98 Å². The summed E-state index contributed by atoms with van der Waals surface area (Å²) in [5.41, 5.74) is 10.1. The number of nitrogens with one attached hydrogen (secondary N) is 1. The van der Waals surface area contributed by atoms with E-state index < -0.39 is 0 Å². The first kappa shape index (κ1) is 13.5. The fourth-order valence-electron chi connectivity index (χ4n) is 1.91. The summed E-state index contributed by atoms with van der Waals surface area (Å²) in [6, 6.07) is 10.1. The zero-order valence-electron chi connectivity index (χ0n) is 10.9. The van der Waals surface area contributed by atoms with Crippen LogP contribution in [0.2, 0.25) is 0 Å². The topological polar surface area (TPSA) is 50.9 Å². The van der Waals surface area contributed by atoms with E-state index in [0.29, 0.717) is 4.99 Å². The third kappa shape index (κ3) is 3.76. The highest BCUT2D eigenvalue weighted by molar-refractivity contribution is 7.80. The minimum absolute atomic E-state index is 0.426. The van der Waals surface area contributed by atoms with E-state index in [2.05, 4.69) is 16.4 Å². The van der Waals surface area contributed by atoms with E-state index in [4.69, 9.17) is 18.0 Å². The summed E-state index contributed by atoms with van der Waals surface area (Å²) in [7, 11) is 0. The molecule has 0 fully saturated rings. The number of thiocarbonyl (C=S) groups is 1. The smallest absolute Gasteiger partial charge is 0.106 e. The van der Waals surface area contributed by atoms with Crippen LogP contribution >= 0.6 is 12.2 Å². The minimum atomic E-state index is 0.426. The number of nitrogens with two attached hydrogens (primary N) is 1. The van der Waals surface area contributed by atoms with Gasteiger partial charge in [-0.15, -0.1) is 0 Å². The Morgan fingerprint density at radius 2 is 2.00 bits per heavy atom. The number of hydrogen-bond acceptors (Lipinski definition) is 3. The Balaban J connectivity index is 2.02. The molecule has 0 bridgehead atoms. The molecule has 2 aromatic rings. The van der Waals surface area contributed by atoms with E-state index in [9.17, 15) is 0 Å². The Morgan fingerprint density at radius 1 is 1.26 bits per heavy atom. The predicted octanol–water partition coefficient (Wildman–Crippen LogP) is 2.68. The maximum atomic E-state index is 5.75. The van der Waals surface area contributed by atoms with E-state index in [0.717, 1.165) is 29.8 Å². The molecule has 19 heavy (non-hydrogen) atoms. The van der Waals surface area contributed by atoms with Crippen LogP contribution in [0.1, 0.15) is 16.7 Å². The van der Waals surface area contributed by atoms with Crippen molar-refractivity contribution in [3.8, 4) is 0 Å². The molecule has 2 rings (SSSR count). The molecular formula is C15H17N3S. The average molecular weight is 271 g/mol. The molecule has 0 aliphatic rings. The predicted molar refractivity (Wildman–Crippen MR) is 83.5 cm³/mol. The summed E-state index contributed by atoms with van der Waals surface area (Å²) < 4.78 is 0. The molecule has 0 atom stereocenters. The number of aromatic nitrogens is 1. The Hall–Kier alpha value is -1.94. The fourth-order valence-corrected chi connectivity index (χ4v) is 2.08. The van der Waals surface area contributed by atoms with Crippen LogP contribution in [0.3, 0.4) is 0 Å². The lowest BCUT2D eigenvalue weighted by Crippen LogP contribution is -2.14. The summed E-state index contributed by atoms with van der Waals surface area (Å²) in [4.78, 5) is 4.43. The molecule has 0 radical (unpaired) electrons. The molecule has 1 heterocycles. The van der Waals surface area contributed by atoms with Gasteiger partial charge < -0.3 is 11.1 Å². The van der Waals surface area contributed by atoms with E-state index in [1.54, 1.807) is 0 Å². The molecule has 1 aromatic heterocycles. The van der Waals surface area contributed by atoms with E-state index in [1.807, 2.05) is 43.6 Å². The van der Waals surface area contributed by atoms with Gasteiger partial charge in [0.05, 0.1) is 0 Å². The molecule has 3 nitrogen and oxygen atoms in total. The summed E-state index contributed by atoms with van der Waals surface area (Å²) >= 11 is 5.08. The summed E-state index contributed by atoms with van der Waals surface area (Å²) in [5.74, 6) is 0. The molecule has 0 aliphatic heterocycles.